The Kier molecular flexibility index (Phi) is 4.22. The zero-order chi connectivity index (χ0) is 16.5. The van der Waals surface area contributed by atoms with E-state index in [1.165, 1.54) is 12.7 Å². The third-order valence-corrected chi connectivity index (χ3v) is 3.60. The van der Waals surface area contributed by atoms with Crippen molar-refractivity contribution in [3.8, 4) is 0 Å². The Bertz CT molecular complexity index is 686. The first-order valence-corrected chi connectivity index (χ1v) is 7.14. The molecule has 1 N–H and O–H groups in total. The van der Waals surface area contributed by atoms with Crippen LogP contribution in [0.2, 0.25) is 0 Å². The van der Waals surface area contributed by atoms with Gasteiger partial charge in [-0.05, 0) is 29.5 Å². The number of carbonyl (C=O) groups is 1. The largest absolute Gasteiger partial charge is 0.505 e. The number of rotatable bonds is 2. The molecule has 0 bridgehead atoms. The second-order valence-corrected chi connectivity index (χ2v) is 6.31. The average molecular weight is 299 g/mol. The molecule has 1 heterocycles. The lowest BCUT2D eigenvalue weighted by atomic mass is 9.87. The van der Waals surface area contributed by atoms with E-state index in [1.807, 2.05) is 12.1 Å². The molecule has 4 nitrogen and oxygen atoms in total. The number of methoxy groups -OCH3 is 1. The molecule has 0 amide bonds. The van der Waals surface area contributed by atoms with Crippen LogP contribution in [0.1, 0.15) is 38.8 Å². The highest BCUT2D eigenvalue weighted by molar-refractivity contribution is 6.21. The summed E-state index contributed by atoms with van der Waals surface area (Å²) in [6.45, 7) is 8.14. The normalized spacial score (nSPS) is 17.0. The van der Waals surface area contributed by atoms with Crippen molar-refractivity contribution in [2.75, 3.05) is 7.11 Å². The van der Waals surface area contributed by atoms with Crippen molar-refractivity contribution < 1.29 is 14.6 Å². The van der Waals surface area contributed by atoms with Gasteiger partial charge >= 0.3 is 5.97 Å². The van der Waals surface area contributed by atoms with Crippen LogP contribution in [-0.4, -0.2) is 23.9 Å². The van der Waals surface area contributed by atoms with E-state index in [9.17, 15) is 9.90 Å². The van der Waals surface area contributed by atoms with Gasteiger partial charge in [0.15, 0.2) is 5.76 Å². The quantitative estimate of drug-likeness (QED) is 0.845. The number of aliphatic hydroxyl groups is 1. The number of aliphatic hydroxyl groups excluding tert-OH is 1. The predicted molar refractivity (Wildman–Crippen MR) is 87.9 cm³/mol. The number of ether oxygens (including phenoxy) is 1. The highest BCUT2D eigenvalue weighted by atomic mass is 16.5. The molecule has 0 unspecified atom stereocenters. The van der Waals surface area contributed by atoms with Gasteiger partial charge in [-0.2, -0.15) is 0 Å². The molecule has 4 heteroatoms. The van der Waals surface area contributed by atoms with Gasteiger partial charge in [0.05, 0.1) is 12.8 Å². The summed E-state index contributed by atoms with van der Waals surface area (Å²) in [5, 5.41) is 10.2. The van der Waals surface area contributed by atoms with Gasteiger partial charge in [0.1, 0.15) is 11.3 Å². The van der Waals surface area contributed by atoms with Gasteiger partial charge in [-0.25, -0.2) is 9.79 Å². The van der Waals surface area contributed by atoms with Crippen LogP contribution in [0.15, 0.2) is 46.3 Å². The summed E-state index contributed by atoms with van der Waals surface area (Å²) in [6, 6.07) is 8.06. The van der Waals surface area contributed by atoms with Crippen molar-refractivity contribution >= 4 is 17.8 Å². The standard InChI is InChI=1S/C18H21NO3/c1-11-15(17(21)22-5)16(20)14(19-11)10-12-6-8-13(9-7-12)18(2,3)4/h6-10,20H,1-5H3/b14-10+. The van der Waals surface area contributed by atoms with E-state index in [2.05, 4.69) is 42.6 Å². The van der Waals surface area contributed by atoms with E-state index in [0.29, 0.717) is 11.4 Å². The molecular weight excluding hydrogens is 278 g/mol. The fourth-order valence-electron chi connectivity index (χ4n) is 2.27. The third kappa shape index (κ3) is 3.11. The van der Waals surface area contributed by atoms with Crippen LogP contribution >= 0.6 is 0 Å². The van der Waals surface area contributed by atoms with E-state index >= 15 is 0 Å². The zero-order valence-electron chi connectivity index (χ0n) is 13.6. The molecule has 1 aliphatic heterocycles. The lowest BCUT2D eigenvalue weighted by Gasteiger charge is -2.18. The molecule has 0 atom stereocenters. The van der Waals surface area contributed by atoms with Gasteiger partial charge in [-0.15, -0.1) is 0 Å². The van der Waals surface area contributed by atoms with Crippen LogP contribution in [0.4, 0.5) is 0 Å². The Morgan fingerprint density at radius 2 is 1.82 bits per heavy atom. The summed E-state index contributed by atoms with van der Waals surface area (Å²) in [7, 11) is 1.28. The van der Waals surface area contributed by atoms with Gasteiger partial charge in [0.2, 0.25) is 0 Å². The number of aliphatic imine (C=N–C) groups is 1. The Morgan fingerprint density at radius 1 is 1.23 bits per heavy atom. The fraction of sp³-hybridized carbons (Fsp3) is 0.333. The minimum atomic E-state index is -0.578. The summed E-state index contributed by atoms with van der Waals surface area (Å²) in [4.78, 5) is 15.9. The minimum absolute atomic E-state index is 0.0911. The molecule has 1 aromatic carbocycles. The molecule has 116 valence electrons. The van der Waals surface area contributed by atoms with Crippen LogP contribution < -0.4 is 0 Å². The zero-order valence-corrected chi connectivity index (χ0v) is 13.6. The highest BCUT2D eigenvalue weighted by Gasteiger charge is 2.27. The SMILES string of the molecule is COC(=O)C1=C(O)/C(=C\c2ccc(C(C)(C)C)cc2)N=C1C. The Balaban J connectivity index is 2.35. The molecule has 22 heavy (non-hydrogen) atoms. The van der Waals surface area contributed by atoms with E-state index in [1.54, 1.807) is 13.0 Å². The van der Waals surface area contributed by atoms with E-state index in [4.69, 9.17) is 0 Å². The van der Waals surface area contributed by atoms with Crippen molar-refractivity contribution in [2.24, 2.45) is 4.99 Å². The van der Waals surface area contributed by atoms with Gasteiger partial charge in [-0.1, -0.05) is 45.0 Å². The van der Waals surface area contributed by atoms with Crippen molar-refractivity contribution in [3.63, 3.8) is 0 Å². The number of hydrogen-bond acceptors (Lipinski definition) is 4. The lowest BCUT2D eigenvalue weighted by molar-refractivity contribution is -0.135. The summed E-state index contributed by atoms with van der Waals surface area (Å²) >= 11 is 0. The molecule has 2 rings (SSSR count). The highest BCUT2D eigenvalue weighted by Crippen LogP contribution is 2.27. The van der Waals surface area contributed by atoms with E-state index in [-0.39, 0.29) is 16.7 Å². The average Bonchev–Trinajstić information content (AvgIpc) is 2.72. The third-order valence-electron chi connectivity index (χ3n) is 3.60. The van der Waals surface area contributed by atoms with E-state index in [0.717, 1.165) is 5.56 Å². The second kappa shape index (κ2) is 5.79. The summed E-state index contributed by atoms with van der Waals surface area (Å²) in [6.07, 6.45) is 1.75. The molecular formula is C18H21NO3. The van der Waals surface area contributed by atoms with Gasteiger partial charge in [0.25, 0.3) is 0 Å². The molecule has 0 fully saturated rings. The van der Waals surface area contributed by atoms with Crippen LogP contribution in [0, 0.1) is 0 Å². The van der Waals surface area contributed by atoms with Gasteiger partial charge < -0.3 is 9.84 Å². The summed E-state index contributed by atoms with van der Waals surface area (Å²) in [5.74, 6) is -0.713. The molecule has 0 aromatic heterocycles. The second-order valence-electron chi connectivity index (χ2n) is 6.31. The Morgan fingerprint density at radius 3 is 2.32 bits per heavy atom. The van der Waals surface area contributed by atoms with Crippen LogP contribution in [0.25, 0.3) is 6.08 Å². The molecule has 1 aromatic rings. The van der Waals surface area contributed by atoms with Crippen LogP contribution in [0.3, 0.4) is 0 Å². The van der Waals surface area contributed by atoms with Crippen molar-refractivity contribution in [3.05, 3.63) is 52.4 Å². The molecule has 0 saturated carbocycles. The topological polar surface area (TPSA) is 58.9 Å². The van der Waals surface area contributed by atoms with Crippen LogP contribution in [0.5, 0.6) is 0 Å². The maximum absolute atomic E-state index is 11.6. The molecule has 0 aliphatic carbocycles. The maximum Gasteiger partial charge on any atom is 0.343 e. The smallest absolute Gasteiger partial charge is 0.343 e. The van der Waals surface area contributed by atoms with Gasteiger partial charge in [-0.3, -0.25) is 0 Å². The first kappa shape index (κ1) is 16.0. The van der Waals surface area contributed by atoms with Gasteiger partial charge in [0, 0.05) is 0 Å². The Labute approximate surface area is 130 Å². The van der Waals surface area contributed by atoms with Crippen molar-refractivity contribution in [1.82, 2.24) is 0 Å². The molecule has 0 radical (unpaired) electrons. The minimum Gasteiger partial charge on any atom is -0.505 e. The lowest BCUT2D eigenvalue weighted by Crippen LogP contribution is -2.11. The first-order valence-electron chi connectivity index (χ1n) is 7.14. The number of carbonyl (C=O) groups excluding carboxylic acids is 1. The first-order chi connectivity index (χ1) is 10.2. The number of hydrogen-bond donors (Lipinski definition) is 1. The summed E-state index contributed by atoms with van der Waals surface area (Å²) < 4.78 is 4.66. The monoisotopic (exact) mass is 299 g/mol. The van der Waals surface area contributed by atoms with Crippen molar-refractivity contribution in [1.29, 1.82) is 0 Å². The van der Waals surface area contributed by atoms with Crippen LogP contribution in [-0.2, 0) is 14.9 Å². The van der Waals surface area contributed by atoms with Crippen molar-refractivity contribution in [2.45, 2.75) is 33.1 Å². The predicted octanol–water partition coefficient (Wildman–Crippen LogP) is 3.78. The fourth-order valence-corrected chi connectivity index (χ4v) is 2.27. The molecule has 1 aliphatic rings. The summed E-state index contributed by atoms with van der Waals surface area (Å²) in [5.41, 5.74) is 3.20. The molecule has 0 spiro atoms. The van der Waals surface area contributed by atoms with E-state index < -0.39 is 5.97 Å². The maximum atomic E-state index is 11.6. The Hall–Kier alpha value is -2.36. The number of nitrogens with zero attached hydrogens (tertiary/aromatic N) is 1. The molecule has 0 saturated heterocycles. The number of benzene rings is 1. The number of esters is 1.